The summed E-state index contributed by atoms with van der Waals surface area (Å²) < 4.78 is 228. The number of ether oxygens (including phenoxy) is 5. The van der Waals surface area contributed by atoms with Gasteiger partial charge < -0.3 is 23.7 Å². The van der Waals surface area contributed by atoms with E-state index in [9.17, 15) is 102 Å². The topological polar surface area (TPSA) is 206 Å². The Morgan fingerprint density at radius 2 is 0.565 bits per heavy atom. The molecule has 0 saturated carbocycles. The molecule has 0 aliphatic heterocycles. The van der Waals surface area contributed by atoms with E-state index < -0.39 is 166 Å². The summed E-state index contributed by atoms with van der Waals surface area (Å²) in [5.41, 5.74) is -17.6. The van der Waals surface area contributed by atoms with Crippen molar-refractivity contribution in [1.29, 1.82) is 31.6 Å². The number of carbonyl (C=O) groups is 1. The first-order chi connectivity index (χ1) is 32.0. The Hall–Kier alpha value is -9.34. The van der Waals surface area contributed by atoms with Crippen LogP contribution in [0.4, 0.5) is 65.9 Å². The molecule has 12 nitrogen and oxygen atoms in total. The maximum absolute atomic E-state index is 13.9. The molecule has 0 radical (unpaired) electrons. The van der Waals surface area contributed by atoms with Gasteiger partial charge in [0.2, 0.25) is 0 Å². The van der Waals surface area contributed by atoms with Crippen molar-refractivity contribution in [3.63, 3.8) is 0 Å². The van der Waals surface area contributed by atoms with Gasteiger partial charge in [0.05, 0.1) is 5.56 Å². The fraction of sp³-hybridized carbons (Fsp3) is 0.119. The van der Waals surface area contributed by atoms with Crippen LogP contribution in [0, 0.1) is 68.0 Å². The van der Waals surface area contributed by atoms with Crippen LogP contribution in [0.3, 0.4) is 0 Å². The Kier molecular flexibility index (Phi) is 11.0. The van der Waals surface area contributed by atoms with Crippen molar-refractivity contribution in [3.05, 3.63) is 92.1 Å². The van der Waals surface area contributed by atoms with Crippen LogP contribution in [0.25, 0.3) is 50.1 Å². The normalized spacial score (nSPS) is 13.0. The van der Waals surface area contributed by atoms with Crippen molar-refractivity contribution in [2.75, 3.05) is 0 Å². The van der Waals surface area contributed by atoms with Crippen molar-refractivity contribution in [2.45, 2.75) is 31.8 Å². The SMILES string of the molecule is N#CC(C#N)=C1c2cc(OC(F)(F)F)c(OC(F)(F)F)cc2-c2c1c1c(c3c2C(=C(C#N)C#N)c2cc(OC(F)(F)F)c(OC(F)(F)F)cc2-3)C(=C(C#N)C#N)c2cc(C=O)c(OC(F)(F)F)cc2-1. The first-order valence-electron chi connectivity index (χ1n) is 17.7. The fourth-order valence-electron chi connectivity index (χ4n) is 7.98. The molecule has 0 aromatic heterocycles. The van der Waals surface area contributed by atoms with Crippen LogP contribution >= 0.6 is 0 Å². The van der Waals surface area contributed by atoms with Crippen molar-refractivity contribution < 1.29 is 94.3 Å². The predicted molar refractivity (Wildman–Crippen MR) is 193 cm³/mol. The number of aldehydes is 1. The lowest BCUT2D eigenvalue weighted by Gasteiger charge is -2.19. The van der Waals surface area contributed by atoms with Crippen LogP contribution < -0.4 is 23.7 Å². The average Bonchev–Trinajstić information content (AvgIpc) is 3.82. The van der Waals surface area contributed by atoms with E-state index in [0.29, 0.717) is 12.1 Å². The molecule has 7 rings (SSSR count). The van der Waals surface area contributed by atoms with E-state index in [4.69, 9.17) is 0 Å². The summed E-state index contributed by atoms with van der Waals surface area (Å²) in [6, 6.07) is 9.80. The van der Waals surface area contributed by atoms with E-state index in [2.05, 4.69) is 23.7 Å². The van der Waals surface area contributed by atoms with Crippen molar-refractivity contribution >= 4 is 23.0 Å². The van der Waals surface area contributed by atoms with E-state index in [1.54, 1.807) is 0 Å². The van der Waals surface area contributed by atoms with Crippen LogP contribution in [-0.2, 0) is 0 Å². The van der Waals surface area contributed by atoms with Gasteiger partial charge in [0, 0.05) is 33.4 Å². The summed E-state index contributed by atoms with van der Waals surface area (Å²) >= 11 is 0. The first-order valence-corrected chi connectivity index (χ1v) is 17.7. The number of allylic oxidation sites excluding steroid dienone is 3. The zero-order valence-electron chi connectivity index (χ0n) is 32.3. The van der Waals surface area contributed by atoms with E-state index in [1.807, 2.05) is 0 Å². The monoisotopic (exact) mass is 976 g/mol. The Morgan fingerprint density at radius 1 is 0.348 bits per heavy atom. The van der Waals surface area contributed by atoms with Gasteiger partial charge in [-0.25, -0.2) is 0 Å². The number of halogens is 15. The molecular weight excluding hydrogens is 969 g/mol. The molecule has 0 saturated heterocycles. The van der Waals surface area contributed by atoms with Crippen molar-refractivity contribution in [1.82, 2.24) is 0 Å². The number of alkyl halides is 15. The molecule has 0 atom stereocenters. The van der Waals surface area contributed by atoms with E-state index in [-0.39, 0.29) is 30.6 Å². The second-order valence-corrected chi connectivity index (χ2v) is 13.7. The molecule has 0 amide bonds. The molecular formula is C42H7F15N6O6. The predicted octanol–water partition coefficient (Wildman–Crippen LogP) is 11.5. The summed E-state index contributed by atoms with van der Waals surface area (Å²) in [6.45, 7) is 0. The third-order valence-corrected chi connectivity index (χ3v) is 9.86. The maximum atomic E-state index is 13.9. The van der Waals surface area contributed by atoms with Gasteiger partial charge in [-0.15, -0.1) is 65.9 Å². The molecule has 346 valence electrons. The lowest BCUT2D eigenvalue weighted by atomic mass is 9.82. The highest BCUT2D eigenvalue weighted by Gasteiger charge is 2.49. The largest absolute Gasteiger partial charge is 0.573 e. The molecule has 0 unspecified atom stereocenters. The van der Waals surface area contributed by atoms with Crippen LogP contribution in [0.1, 0.15) is 43.7 Å². The quantitative estimate of drug-likeness (QED) is 0.0867. The number of hydrogen-bond donors (Lipinski definition) is 0. The summed E-state index contributed by atoms with van der Waals surface area (Å²) in [4.78, 5) is 12.3. The van der Waals surface area contributed by atoms with Crippen molar-refractivity contribution in [3.8, 4) is 98.5 Å². The maximum Gasteiger partial charge on any atom is 0.573 e. The second-order valence-electron chi connectivity index (χ2n) is 13.7. The Bertz CT molecular complexity index is 3320. The summed E-state index contributed by atoms with van der Waals surface area (Å²) in [6.07, 6.45) is -29.4. The summed E-state index contributed by atoms with van der Waals surface area (Å²) in [7, 11) is 0. The summed E-state index contributed by atoms with van der Waals surface area (Å²) in [5.74, 6) is -8.87. The first kappa shape index (κ1) is 47.6. The van der Waals surface area contributed by atoms with Gasteiger partial charge >= 0.3 is 31.8 Å². The summed E-state index contributed by atoms with van der Waals surface area (Å²) in [5, 5.41) is 61.8. The number of carbonyl (C=O) groups excluding carboxylic acids is 1. The van der Waals surface area contributed by atoms with Gasteiger partial charge in [-0.3, -0.25) is 4.79 Å². The molecule has 3 aliphatic rings. The second kappa shape index (κ2) is 15.9. The van der Waals surface area contributed by atoms with E-state index in [0.717, 1.165) is 0 Å². The smallest absolute Gasteiger partial charge is 0.405 e. The highest BCUT2D eigenvalue weighted by Crippen LogP contribution is 2.67. The Labute approximate surface area is 371 Å². The molecule has 0 heterocycles. The van der Waals surface area contributed by atoms with Crippen LogP contribution in [-0.4, -0.2) is 38.1 Å². The zero-order valence-corrected chi connectivity index (χ0v) is 32.3. The van der Waals surface area contributed by atoms with E-state index >= 15 is 0 Å². The van der Waals surface area contributed by atoms with Gasteiger partial charge in [-0.2, -0.15) is 31.6 Å². The fourth-order valence-corrected chi connectivity index (χ4v) is 7.98. The lowest BCUT2D eigenvalue weighted by molar-refractivity contribution is -0.287. The van der Waals surface area contributed by atoms with Gasteiger partial charge in [0.1, 0.15) is 58.9 Å². The highest BCUT2D eigenvalue weighted by atomic mass is 19.4. The number of hydrogen-bond acceptors (Lipinski definition) is 12. The minimum Gasteiger partial charge on any atom is -0.405 e. The minimum atomic E-state index is -5.89. The highest BCUT2D eigenvalue weighted by molar-refractivity contribution is 6.25. The molecule has 69 heavy (non-hydrogen) atoms. The van der Waals surface area contributed by atoms with Crippen molar-refractivity contribution in [2.24, 2.45) is 0 Å². The molecule has 0 fully saturated rings. The van der Waals surface area contributed by atoms with E-state index in [1.165, 1.54) is 36.4 Å². The zero-order chi connectivity index (χ0) is 51.1. The van der Waals surface area contributed by atoms with Crippen LogP contribution in [0.5, 0.6) is 28.7 Å². The molecule has 0 N–H and O–H groups in total. The lowest BCUT2D eigenvalue weighted by Crippen LogP contribution is -2.21. The molecule has 27 heteroatoms. The minimum absolute atomic E-state index is 0.120. The molecule has 4 aromatic rings. The number of nitriles is 6. The van der Waals surface area contributed by atoms with Crippen LogP contribution in [0.15, 0.2) is 53.1 Å². The van der Waals surface area contributed by atoms with Gasteiger partial charge in [0.15, 0.2) is 29.3 Å². The molecule has 4 aromatic carbocycles. The number of nitrogens with zero attached hydrogens (tertiary/aromatic N) is 6. The third-order valence-electron chi connectivity index (χ3n) is 9.86. The Balaban J connectivity index is 1.88. The average molecular weight is 977 g/mol. The number of fused-ring (bicyclic) bond motifs is 12. The van der Waals surface area contributed by atoms with Gasteiger partial charge in [0.25, 0.3) is 0 Å². The number of rotatable bonds is 6. The van der Waals surface area contributed by atoms with Gasteiger partial charge in [-0.1, -0.05) is 0 Å². The molecule has 3 aliphatic carbocycles. The standard InChI is InChI=1S/C42H7F15N6O6/c43-38(44,45)65-24-2-21-18(1-14(24)13-64)29(15(7-58)8-59)35-32(21)36-30(16(9-60)10-61)20-4-26(67-40(49,50)51)28(69-42(55,56)57)6-23(20)34(36)37-31(17(11-62)12-63)19-3-25(66-39(46,47)48)27(68-41(52,53)54)5-22(19)33(35)37/h1-6,13H. The third kappa shape index (κ3) is 8.41. The van der Waals surface area contributed by atoms with Gasteiger partial charge in [-0.05, 0) is 86.5 Å². The van der Waals surface area contributed by atoms with Crippen LogP contribution in [0.2, 0.25) is 0 Å². The molecule has 0 spiro atoms. The number of benzene rings is 4. The molecule has 0 bridgehead atoms. The Morgan fingerprint density at radius 3 is 0.797 bits per heavy atom.